The van der Waals surface area contributed by atoms with Crippen molar-refractivity contribution in [1.82, 2.24) is 0 Å². The average Bonchev–Trinajstić information content (AvgIpc) is 3.37. The third-order valence-corrected chi connectivity index (χ3v) is 5.99. The third kappa shape index (κ3) is 19.8. The van der Waals surface area contributed by atoms with Crippen molar-refractivity contribution in [2.45, 2.75) is 125 Å². The van der Waals surface area contributed by atoms with Gasteiger partial charge in [0.2, 0.25) is 0 Å². The van der Waals surface area contributed by atoms with Crippen LogP contribution in [0.25, 0.3) is 0 Å². The van der Waals surface area contributed by atoms with Crippen molar-refractivity contribution < 1.29 is 19.7 Å². The first kappa shape index (κ1) is 51.0. The van der Waals surface area contributed by atoms with Gasteiger partial charge in [-0.25, -0.2) is 0 Å². The van der Waals surface area contributed by atoms with Crippen molar-refractivity contribution in [3.8, 4) is 11.5 Å². The molecule has 1 heterocycles. The van der Waals surface area contributed by atoms with Gasteiger partial charge >= 0.3 is 5.97 Å². The van der Waals surface area contributed by atoms with E-state index in [-0.39, 0.29) is 47.3 Å². The van der Waals surface area contributed by atoms with Gasteiger partial charge in [-0.15, -0.1) is 11.3 Å². The molecule has 0 aliphatic carbocycles. The van der Waals surface area contributed by atoms with E-state index >= 15 is 0 Å². The molecule has 0 bridgehead atoms. The smallest absolute Gasteiger partial charge is 0.312 e. The highest BCUT2D eigenvalue weighted by atomic mass is 32.1. The van der Waals surface area contributed by atoms with Crippen molar-refractivity contribution in [1.29, 1.82) is 0 Å². The van der Waals surface area contributed by atoms with Crippen LogP contribution in [0.3, 0.4) is 0 Å². The van der Waals surface area contributed by atoms with Crippen LogP contribution in [0.5, 0.6) is 11.5 Å². The predicted molar refractivity (Wildman–Crippen MR) is 188 cm³/mol. The van der Waals surface area contributed by atoms with Crippen molar-refractivity contribution >= 4 is 17.3 Å². The number of carbonyl (C=O) groups is 1. The lowest BCUT2D eigenvalue weighted by molar-refractivity contribution is -0.142. The number of phenols is 2. The topological polar surface area (TPSA) is 66.8 Å². The molecule has 41 heavy (non-hydrogen) atoms. The molecule has 3 aromatic rings. The Kier molecular flexibility index (Phi) is 35.7. The first-order chi connectivity index (χ1) is 17.4. The predicted octanol–water partition coefficient (Wildman–Crippen LogP) is 11.9. The molecule has 0 aliphatic rings. The van der Waals surface area contributed by atoms with E-state index in [0.717, 1.165) is 34.2 Å². The summed E-state index contributed by atoms with van der Waals surface area (Å²) in [5.74, 6) is 0.158. The third-order valence-electron chi connectivity index (χ3n) is 5.19. The van der Waals surface area contributed by atoms with E-state index in [1.807, 2.05) is 65.8 Å². The second-order valence-electron chi connectivity index (χ2n) is 8.61. The van der Waals surface area contributed by atoms with Crippen molar-refractivity contribution in [2.75, 3.05) is 7.11 Å². The molecule has 0 fully saturated rings. The Morgan fingerprint density at radius 3 is 1.41 bits per heavy atom. The highest BCUT2D eigenvalue weighted by Crippen LogP contribution is 2.27. The number of thiophene rings is 1. The van der Waals surface area contributed by atoms with Crippen LogP contribution in [0.4, 0.5) is 0 Å². The Bertz CT molecular complexity index is 978. The van der Waals surface area contributed by atoms with Gasteiger partial charge in [0.05, 0.1) is 13.0 Å². The molecule has 0 aliphatic heterocycles. The summed E-state index contributed by atoms with van der Waals surface area (Å²) in [4.78, 5) is 12.7. The summed E-state index contributed by atoms with van der Waals surface area (Å²) >= 11 is 1.78. The molecule has 0 amide bonds. The zero-order valence-electron chi connectivity index (χ0n) is 25.2. The van der Waals surface area contributed by atoms with E-state index in [1.54, 1.807) is 18.3 Å². The molecule has 0 spiro atoms. The van der Waals surface area contributed by atoms with Crippen LogP contribution in [0.2, 0.25) is 0 Å². The largest absolute Gasteiger partial charge is 0.507 e. The fourth-order valence-electron chi connectivity index (χ4n) is 3.16. The van der Waals surface area contributed by atoms with Gasteiger partial charge in [0.1, 0.15) is 11.5 Å². The SMILES string of the molecule is C.C.C.C.CC.CCC.CCc1cc(C)c(O)c(C)c1.COC(=O)C(C)c1cc(C)c(O)c(C)c1.Cc1cccs1. The summed E-state index contributed by atoms with van der Waals surface area (Å²) in [5, 5.41) is 21.1. The maximum Gasteiger partial charge on any atom is 0.312 e. The van der Waals surface area contributed by atoms with E-state index in [0.29, 0.717) is 5.75 Å². The quantitative estimate of drug-likeness (QED) is 0.296. The van der Waals surface area contributed by atoms with E-state index in [4.69, 9.17) is 0 Å². The molecule has 5 heteroatoms. The number of methoxy groups -OCH3 is 1. The summed E-state index contributed by atoms with van der Waals surface area (Å²) in [5.41, 5.74) is 5.66. The molecular formula is C36H66O4S. The zero-order valence-corrected chi connectivity index (χ0v) is 26.0. The molecule has 2 N–H and O–H groups in total. The minimum Gasteiger partial charge on any atom is -0.507 e. The Hall–Kier alpha value is -2.79. The van der Waals surface area contributed by atoms with Crippen LogP contribution in [0, 0.1) is 34.6 Å². The highest BCUT2D eigenvalue weighted by molar-refractivity contribution is 7.09. The summed E-state index contributed by atoms with van der Waals surface area (Å²) < 4.78 is 4.67. The average molecular weight is 595 g/mol. The molecular weight excluding hydrogens is 528 g/mol. The normalized spacial score (nSPS) is 9.07. The molecule has 0 radical (unpaired) electrons. The number of aromatic hydroxyl groups is 2. The molecule has 1 atom stereocenters. The number of hydrogen-bond acceptors (Lipinski definition) is 5. The molecule has 1 aromatic heterocycles. The lowest BCUT2D eigenvalue weighted by Gasteiger charge is -2.12. The maximum absolute atomic E-state index is 11.3. The fraction of sp³-hybridized carbons (Fsp3) is 0.528. The van der Waals surface area contributed by atoms with Gasteiger partial charge in [0.25, 0.3) is 0 Å². The number of carbonyl (C=O) groups excluding carboxylic acids is 1. The number of ether oxygens (including phenoxy) is 1. The van der Waals surface area contributed by atoms with Crippen molar-refractivity contribution in [3.05, 3.63) is 80.0 Å². The Morgan fingerprint density at radius 2 is 1.17 bits per heavy atom. The van der Waals surface area contributed by atoms with Gasteiger partial charge in [0, 0.05) is 4.88 Å². The first-order valence-corrected chi connectivity index (χ1v) is 14.0. The molecule has 4 nitrogen and oxygen atoms in total. The van der Waals surface area contributed by atoms with Crippen LogP contribution >= 0.6 is 11.3 Å². The van der Waals surface area contributed by atoms with Gasteiger partial charge in [-0.3, -0.25) is 4.79 Å². The Labute approximate surface area is 259 Å². The monoisotopic (exact) mass is 594 g/mol. The molecule has 3 rings (SSSR count). The number of hydrogen-bond donors (Lipinski definition) is 2. The van der Waals surface area contributed by atoms with E-state index in [9.17, 15) is 15.0 Å². The molecule has 2 aromatic carbocycles. The van der Waals surface area contributed by atoms with Crippen LogP contribution in [0.1, 0.15) is 122 Å². The van der Waals surface area contributed by atoms with Crippen LogP contribution < -0.4 is 0 Å². The number of esters is 1. The molecule has 0 saturated carbocycles. The van der Waals surface area contributed by atoms with Crippen molar-refractivity contribution in [2.24, 2.45) is 0 Å². The van der Waals surface area contributed by atoms with Crippen LogP contribution in [-0.4, -0.2) is 23.3 Å². The van der Waals surface area contributed by atoms with E-state index < -0.39 is 0 Å². The van der Waals surface area contributed by atoms with Crippen LogP contribution in [0.15, 0.2) is 41.8 Å². The molecule has 240 valence electrons. The Balaban J connectivity index is -0.000000104. The summed E-state index contributed by atoms with van der Waals surface area (Å²) in [6.07, 6.45) is 2.28. The maximum atomic E-state index is 11.3. The number of phenolic OH excluding ortho intramolecular Hbond substituents is 2. The van der Waals surface area contributed by atoms with E-state index in [1.165, 1.54) is 24.0 Å². The zero-order chi connectivity index (χ0) is 29.1. The first-order valence-electron chi connectivity index (χ1n) is 13.1. The number of benzene rings is 2. The lowest BCUT2D eigenvalue weighted by Crippen LogP contribution is -2.11. The number of aryl methyl sites for hydroxylation is 6. The minimum atomic E-state index is -0.298. The van der Waals surface area contributed by atoms with Gasteiger partial charge in [-0.2, -0.15) is 0 Å². The van der Waals surface area contributed by atoms with Crippen molar-refractivity contribution in [3.63, 3.8) is 0 Å². The Morgan fingerprint density at radius 1 is 0.805 bits per heavy atom. The summed E-state index contributed by atoms with van der Waals surface area (Å²) in [7, 11) is 1.37. The minimum absolute atomic E-state index is 0. The summed E-state index contributed by atoms with van der Waals surface area (Å²) in [6, 6.07) is 11.8. The fourth-order valence-corrected chi connectivity index (χ4v) is 3.69. The summed E-state index contributed by atoms with van der Waals surface area (Å²) in [6.45, 7) is 21.8. The second-order valence-corrected chi connectivity index (χ2v) is 9.76. The second kappa shape index (κ2) is 28.7. The van der Waals surface area contributed by atoms with Gasteiger partial charge in [-0.1, -0.05) is 101 Å². The van der Waals surface area contributed by atoms with Gasteiger partial charge in [-0.05, 0) is 92.8 Å². The molecule has 0 saturated heterocycles. The molecule has 1 unspecified atom stereocenters. The van der Waals surface area contributed by atoms with Gasteiger partial charge in [0.15, 0.2) is 0 Å². The highest BCUT2D eigenvalue weighted by Gasteiger charge is 2.17. The van der Waals surface area contributed by atoms with E-state index in [2.05, 4.69) is 49.9 Å². The lowest BCUT2D eigenvalue weighted by atomic mass is 9.96. The van der Waals surface area contributed by atoms with Crippen LogP contribution in [-0.2, 0) is 16.0 Å². The van der Waals surface area contributed by atoms with Gasteiger partial charge < -0.3 is 14.9 Å². The number of rotatable bonds is 3. The standard InChI is InChI=1S/C12H16O3.C10H14O.C5H6S.C3H8.C2H6.4CH4/c1-7-5-10(6-8(2)11(7)13)9(3)12(14)15-4;1-4-9-5-7(2)10(11)8(3)6-9;1-5-3-2-4-6-5;1-3-2;1-2;;;;/h5-6,9,13H,1-4H3;5-6,11H,4H2,1-3H3;2-4H,1H3;3H2,1-2H3;1-2H3;4*1H4.